The zero-order chi connectivity index (χ0) is 27.5. The third kappa shape index (κ3) is 19.4. The Hall–Kier alpha value is -1.71. The van der Waals surface area contributed by atoms with Crippen LogP contribution < -0.4 is 9.47 Å². The van der Waals surface area contributed by atoms with E-state index in [1.165, 1.54) is 89.9 Å². The Morgan fingerprint density at radius 3 is 1.37 bits per heavy atom. The minimum absolute atomic E-state index is 0.0783. The summed E-state index contributed by atoms with van der Waals surface area (Å²) in [4.78, 5) is 0. The lowest BCUT2D eigenvalue weighted by Gasteiger charge is -2.07. The number of halogens is 1. The summed E-state index contributed by atoms with van der Waals surface area (Å²) >= 11 is 5.80. The van der Waals surface area contributed by atoms with Crippen LogP contribution in [0.25, 0.3) is 0 Å². The van der Waals surface area contributed by atoms with E-state index in [-0.39, 0.29) is 6.61 Å². The minimum atomic E-state index is 0.0783. The largest absolute Gasteiger partial charge is 0.494 e. The third-order valence-corrected chi connectivity index (χ3v) is 6.98. The lowest BCUT2D eigenvalue weighted by atomic mass is 10.1. The van der Waals surface area contributed by atoms with Crippen LogP contribution in [0.2, 0.25) is 0 Å². The van der Waals surface area contributed by atoms with Crippen molar-refractivity contribution in [3.63, 3.8) is 0 Å². The Balaban J connectivity index is 0.000000380. The van der Waals surface area contributed by atoms with Gasteiger partial charge in [-0.25, -0.2) is 0 Å². The molecule has 0 bridgehead atoms. The zero-order valence-electron chi connectivity index (χ0n) is 24.4. The number of hydrogen-bond acceptors (Lipinski definition) is 3. The molecule has 2 rings (SSSR count). The van der Waals surface area contributed by atoms with Crippen LogP contribution in [0, 0.1) is 0 Å². The van der Waals surface area contributed by atoms with Gasteiger partial charge in [-0.05, 0) is 48.2 Å². The fourth-order valence-electron chi connectivity index (χ4n) is 4.30. The maximum Gasteiger partial charge on any atom is 0.119 e. The number of alkyl halides is 1. The molecule has 0 saturated carbocycles. The Morgan fingerprint density at radius 1 is 0.553 bits per heavy atom. The van der Waals surface area contributed by atoms with Gasteiger partial charge in [-0.1, -0.05) is 128 Å². The highest BCUT2D eigenvalue weighted by atomic mass is 35.5. The summed E-state index contributed by atoms with van der Waals surface area (Å²) < 4.78 is 11.4. The molecule has 38 heavy (non-hydrogen) atoms. The van der Waals surface area contributed by atoms with Gasteiger partial charge in [0.1, 0.15) is 11.5 Å². The lowest BCUT2D eigenvalue weighted by molar-refractivity contribution is 0.278. The van der Waals surface area contributed by atoms with Crippen molar-refractivity contribution in [1.29, 1.82) is 0 Å². The highest BCUT2D eigenvalue weighted by molar-refractivity contribution is 6.17. The Kier molecular flexibility index (Phi) is 23.1. The predicted molar refractivity (Wildman–Crippen MR) is 165 cm³/mol. The van der Waals surface area contributed by atoms with E-state index in [0.29, 0.717) is 5.88 Å². The monoisotopic (exact) mass is 546 g/mol. The summed E-state index contributed by atoms with van der Waals surface area (Å²) in [5.74, 6) is 2.37. The highest BCUT2D eigenvalue weighted by Crippen LogP contribution is 2.16. The molecule has 1 N–H and O–H groups in total. The molecule has 0 heterocycles. The molecule has 2 aromatic rings. The molecule has 216 valence electrons. The molecule has 0 aliphatic heterocycles. The predicted octanol–water partition coefficient (Wildman–Crippen LogP) is 10.6. The molecule has 0 radical (unpaired) electrons. The van der Waals surface area contributed by atoms with Crippen LogP contribution >= 0.6 is 11.6 Å². The van der Waals surface area contributed by atoms with Crippen molar-refractivity contribution in [3.8, 4) is 11.5 Å². The first-order chi connectivity index (χ1) is 18.7. The Bertz CT molecular complexity index is 714. The first-order valence-corrected chi connectivity index (χ1v) is 15.9. The first-order valence-electron chi connectivity index (χ1n) is 15.3. The van der Waals surface area contributed by atoms with Gasteiger partial charge in [0.05, 0.1) is 19.8 Å². The summed E-state index contributed by atoms with van der Waals surface area (Å²) in [7, 11) is 0. The molecule has 0 atom stereocenters. The second kappa shape index (κ2) is 25.6. The molecule has 0 saturated heterocycles. The van der Waals surface area contributed by atoms with E-state index < -0.39 is 0 Å². The number of rotatable bonds is 22. The van der Waals surface area contributed by atoms with Gasteiger partial charge in [-0.15, -0.1) is 11.6 Å². The number of ether oxygens (including phenoxy) is 2. The Morgan fingerprint density at radius 2 is 0.947 bits per heavy atom. The molecular weight excluding hydrogens is 492 g/mol. The number of aliphatic hydroxyl groups is 1. The number of aliphatic hydroxyl groups excluding tert-OH is 1. The molecule has 0 spiro atoms. The van der Waals surface area contributed by atoms with Crippen molar-refractivity contribution in [2.75, 3.05) is 13.2 Å². The van der Waals surface area contributed by atoms with Gasteiger partial charge in [0, 0.05) is 5.88 Å². The van der Waals surface area contributed by atoms with Crippen LogP contribution in [0.3, 0.4) is 0 Å². The van der Waals surface area contributed by atoms with Crippen molar-refractivity contribution in [1.82, 2.24) is 0 Å². The summed E-state index contributed by atoms with van der Waals surface area (Å²) in [6, 6.07) is 15.7. The lowest BCUT2D eigenvalue weighted by Crippen LogP contribution is -1.98. The van der Waals surface area contributed by atoms with Crippen molar-refractivity contribution in [2.45, 2.75) is 129 Å². The first kappa shape index (κ1) is 34.3. The van der Waals surface area contributed by atoms with Crippen molar-refractivity contribution in [2.24, 2.45) is 0 Å². The van der Waals surface area contributed by atoms with Crippen LogP contribution in [0.15, 0.2) is 48.5 Å². The van der Waals surface area contributed by atoms with Crippen molar-refractivity contribution >= 4 is 11.6 Å². The average molecular weight is 547 g/mol. The van der Waals surface area contributed by atoms with Gasteiger partial charge in [0.15, 0.2) is 0 Å². The summed E-state index contributed by atoms with van der Waals surface area (Å²) in [5.41, 5.74) is 2.03. The zero-order valence-corrected chi connectivity index (χ0v) is 25.2. The van der Waals surface area contributed by atoms with Crippen molar-refractivity contribution < 1.29 is 14.6 Å². The average Bonchev–Trinajstić information content (AvgIpc) is 2.96. The molecule has 0 aliphatic rings. The van der Waals surface area contributed by atoms with E-state index in [9.17, 15) is 0 Å². The van der Waals surface area contributed by atoms with E-state index in [0.717, 1.165) is 48.7 Å². The number of benzene rings is 2. The topological polar surface area (TPSA) is 38.7 Å². The molecular formula is C34H55ClO3. The van der Waals surface area contributed by atoms with Gasteiger partial charge < -0.3 is 14.6 Å². The summed E-state index contributed by atoms with van der Waals surface area (Å²) in [6.07, 6.45) is 21.2. The van der Waals surface area contributed by atoms with Gasteiger partial charge in [0.25, 0.3) is 0 Å². The van der Waals surface area contributed by atoms with E-state index in [1.807, 2.05) is 48.5 Å². The van der Waals surface area contributed by atoms with Gasteiger partial charge >= 0.3 is 0 Å². The van der Waals surface area contributed by atoms with Crippen LogP contribution in [0.5, 0.6) is 11.5 Å². The second-order valence-corrected chi connectivity index (χ2v) is 10.5. The fourth-order valence-corrected chi connectivity index (χ4v) is 4.47. The molecule has 0 aliphatic carbocycles. The highest BCUT2D eigenvalue weighted by Gasteiger charge is 1.98. The van der Waals surface area contributed by atoms with Gasteiger partial charge in [-0.2, -0.15) is 0 Å². The van der Waals surface area contributed by atoms with E-state index in [4.69, 9.17) is 26.2 Å². The number of unbranched alkanes of at least 4 members (excludes halogenated alkanes) is 14. The van der Waals surface area contributed by atoms with E-state index in [1.54, 1.807) is 0 Å². The normalized spacial score (nSPS) is 10.6. The smallest absolute Gasteiger partial charge is 0.119 e. The maximum absolute atomic E-state index is 9.04. The SMILES string of the molecule is CCCCCCCCCCOc1cccc(CCl)c1.CCCCCCCCCCOc1cccc(CO)c1. The van der Waals surface area contributed by atoms with Crippen LogP contribution in [-0.2, 0) is 12.5 Å². The van der Waals surface area contributed by atoms with Gasteiger partial charge in [-0.3, -0.25) is 0 Å². The van der Waals surface area contributed by atoms with Crippen LogP contribution in [-0.4, -0.2) is 18.3 Å². The Labute approximate surface area is 239 Å². The molecule has 2 aromatic carbocycles. The fraction of sp³-hybridized carbons (Fsp3) is 0.647. The number of hydrogen-bond donors (Lipinski definition) is 1. The molecule has 0 unspecified atom stereocenters. The van der Waals surface area contributed by atoms with Crippen LogP contribution in [0.1, 0.15) is 128 Å². The van der Waals surface area contributed by atoms with Crippen molar-refractivity contribution in [3.05, 3.63) is 59.7 Å². The van der Waals surface area contributed by atoms with Gasteiger partial charge in [0.2, 0.25) is 0 Å². The molecule has 3 nitrogen and oxygen atoms in total. The molecule has 0 fully saturated rings. The summed E-state index contributed by atoms with van der Waals surface area (Å²) in [6.45, 7) is 6.19. The van der Waals surface area contributed by atoms with Crippen LogP contribution in [0.4, 0.5) is 0 Å². The molecule has 0 amide bonds. The second-order valence-electron chi connectivity index (χ2n) is 10.2. The standard InChI is InChI=1S/C17H27ClO.C17H28O2/c2*1-2-3-4-5-6-7-8-9-13-19-17-12-10-11-16(14-17)15-18/h10-12,14H,2-9,13,15H2,1H3;10-12,14,18H,2-9,13,15H2,1H3. The maximum atomic E-state index is 9.04. The minimum Gasteiger partial charge on any atom is -0.494 e. The van der Waals surface area contributed by atoms with E-state index in [2.05, 4.69) is 13.8 Å². The quantitative estimate of drug-likeness (QED) is 0.118. The molecule has 4 heteroatoms. The summed E-state index contributed by atoms with van der Waals surface area (Å²) in [5, 5.41) is 9.04. The third-order valence-electron chi connectivity index (χ3n) is 6.67. The molecule has 0 aromatic heterocycles. The van der Waals surface area contributed by atoms with E-state index >= 15 is 0 Å².